The van der Waals surface area contributed by atoms with E-state index < -0.39 is 30.8 Å². The van der Waals surface area contributed by atoms with Gasteiger partial charge in [-0.05, 0) is 29.8 Å². The van der Waals surface area contributed by atoms with E-state index in [0.717, 1.165) is 0 Å². The molecule has 0 radical (unpaired) electrons. The number of aromatic nitrogens is 1. The van der Waals surface area contributed by atoms with Crippen molar-refractivity contribution in [3.05, 3.63) is 94.8 Å². The number of imide groups is 1. The summed E-state index contributed by atoms with van der Waals surface area (Å²) in [7, 11) is 0. The molecule has 0 aliphatic heterocycles. The molecule has 3 amide bonds. The normalized spacial score (nSPS) is 12.1. The zero-order valence-electron chi connectivity index (χ0n) is 16.4. The summed E-state index contributed by atoms with van der Waals surface area (Å²) < 4.78 is 45.1. The first-order valence-electron chi connectivity index (χ1n) is 9.29. The minimum atomic E-state index is -4.59. The van der Waals surface area contributed by atoms with Crippen LogP contribution in [0, 0.1) is 0 Å². The van der Waals surface area contributed by atoms with Crippen LogP contribution in [0.5, 0.6) is 0 Å². The number of pyridine rings is 1. The minimum Gasteiger partial charge on any atom is -0.358 e. The highest BCUT2D eigenvalue weighted by Gasteiger charge is 2.41. The van der Waals surface area contributed by atoms with E-state index in [1.54, 1.807) is 18.2 Å². The number of carbonyl (C=O) groups excluding carboxylic acids is 2. The number of alkyl halides is 3. The molecule has 1 atom stereocenters. The molecule has 0 aliphatic carbocycles. The number of anilines is 1. The lowest BCUT2D eigenvalue weighted by Gasteiger charge is -2.21. The molecule has 3 aromatic rings. The van der Waals surface area contributed by atoms with Gasteiger partial charge in [0.05, 0.1) is 34.8 Å². The number of rotatable bonds is 6. The smallest absolute Gasteiger partial charge is 0.358 e. The van der Waals surface area contributed by atoms with E-state index in [-0.39, 0.29) is 27.5 Å². The van der Waals surface area contributed by atoms with Crippen molar-refractivity contribution in [3.8, 4) is 0 Å². The second kappa shape index (κ2) is 10.3. The Hall–Kier alpha value is -3.43. The fourth-order valence-corrected chi connectivity index (χ4v) is 2.96. The van der Waals surface area contributed by atoms with Gasteiger partial charge in [0.2, 0.25) is 0 Å². The Morgan fingerprint density at radius 1 is 1.00 bits per heavy atom. The summed E-state index contributed by atoms with van der Waals surface area (Å²) in [6.07, 6.45) is -5.44. The molecule has 3 rings (SSSR count). The maximum atomic E-state index is 13.3. The van der Waals surface area contributed by atoms with Crippen LogP contribution in [0.25, 0.3) is 0 Å². The van der Waals surface area contributed by atoms with Crippen molar-refractivity contribution in [2.75, 3.05) is 5.32 Å². The molecule has 1 unspecified atom stereocenters. The van der Waals surface area contributed by atoms with E-state index in [1.807, 2.05) is 0 Å². The van der Waals surface area contributed by atoms with Gasteiger partial charge in [-0.1, -0.05) is 54.1 Å². The fourth-order valence-electron chi connectivity index (χ4n) is 2.74. The lowest BCUT2D eigenvalue weighted by molar-refractivity contribution is -0.227. The van der Waals surface area contributed by atoms with Crippen LogP contribution in [-0.2, 0) is 11.3 Å². The highest BCUT2D eigenvalue weighted by molar-refractivity contribution is 6.34. The SMILES string of the molecule is O=C(NC(=O)c1ccccc1Cl)Nc1ccc(COC(c2ccccc2)C(F)(F)F)nc1. The largest absolute Gasteiger partial charge is 0.418 e. The molecule has 10 heteroatoms. The van der Waals surface area contributed by atoms with E-state index in [1.165, 1.54) is 54.7 Å². The van der Waals surface area contributed by atoms with Gasteiger partial charge in [-0.3, -0.25) is 15.1 Å². The van der Waals surface area contributed by atoms with Crippen LogP contribution >= 0.6 is 11.6 Å². The second-order valence-electron chi connectivity index (χ2n) is 6.57. The lowest BCUT2D eigenvalue weighted by Crippen LogP contribution is -2.34. The Kier molecular flexibility index (Phi) is 7.45. The number of ether oxygens (including phenoxy) is 1. The number of nitrogens with zero attached hydrogens (tertiary/aromatic N) is 1. The quantitative estimate of drug-likeness (QED) is 0.504. The van der Waals surface area contributed by atoms with Crippen LogP contribution in [0.2, 0.25) is 5.02 Å². The average Bonchev–Trinajstić information content (AvgIpc) is 2.75. The van der Waals surface area contributed by atoms with Crippen molar-refractivity contribution in [2.24, 2.45) is 0 Å². The first-order chi connectivity index (χ1) is 15.2. The molecule has 1 heterocycles. The number of benzene rings is 2. The highest BCUT2D eigenvalue weighted by atomic mass is 35.5. The Balaban J connectivity index is 1.57. The molecular formula is C22H17ClF3N3O3. The van der Waals surface area contributed by atoms with Crippen LogP contribution in [0.3, 0.4) is 0 Å². The first-order valence-corrected chi connectivity index (χ1v) is 9.67. The van der Waals surface area contributed by atoms with Gasteiger partial charge >= 0.3 is 12.2 Å². The number of urea groups is 1. The van der Waals surface area contributed by atoms with Gasteiger partial charge in [-0.2, -0.15) is 13.2 Å². The molecule has 6 nitrogen and oxygen atoms in total. The molecule has 1 aromatic heterocycles. The predicted molar refractivity (Wildman–Crippen MR) is 112 cm³/mol. The molecule has 0 saturated heterocycles. The van der Waals surface area contributed by atoms with Gasteiger partial charge < -0.3 is 10.1 Å². The molecule has 0 aliphatic rings. The number of hydrogen-bond acceptors (Lipinski definition) is 4. The van der Waals surface area contributed by atoms with E-state index in [4.69, 9.17) is 16.3 Å². The van der Waals surface area contributed by atoms with Gasteiger partial charge in [0.25, 0.3) is 5.91 Å². The van der Waals surface area contributed by atoms with Crippen molar-refractivity contribution < 1.29 is 27.5 Å². The van der Waals surface area contributed by atoms with Crippen molar-refractivity contribution >= 4 is 29.2 Å². The monoisotopic (exact) mass is 463 g/mol. The molecule has 0 fully saturated rings. The molecule has 32 heavy (non-hydrogen) atoms. The Labute approximate surface area is 186 Å². The van der Waals surface area contributed by atoms with Crippen LogP contribution < -0.4 is 10.6 Å². The van der Waals surface area contributed by atoms with Crippen molar-refractivity contribution in [1.82, 2.24) is 10.3 Å². The number of carbonyl (C=O) groups is 2. The molecule has 0 bridgehead atoms. The molecular weight excluding hydrogens is 447 g/mol. The van der Waals surface area contributed by atoms with Crippen molar-refractivity contribution in [3.63, 3.8) is 0 Å². The van der Waals surface area contributed by atoms with Crippen LogP contribution in [0.4, 0.5) is 23.7 Å². The standard InChI is InChI=1S/C22H17ClF3N3O3/c23-18-9-5-4-8-17(18)20(30)29-21(31)28-15-10-11-16(27-12-15)13-32-19(22(24,25)26)14-6-2-1-3-7-14/h1-12,19H,13H2,(H2,28,29,30,31). The molecule has 2 N–H and O–H groups in total. The zero-order valence-corrected chi connectivity index (χ0v) is 17.2. The van der Waals surface area contributed by atoms with Crippen LogP contribution in [-0.4, -0.2) is 23.1 Å². The summed E-state index contributed by atoms with van der Waals surface area (Å²) in [4.78, 5) is 28.1. The maximum absolute atomic E-state index is 13.3. The third-order valence-electron chi connectivity index (χ3n) is 4.23. The number of halogens is 4. The van der Waals surface area contributed by atoms with Gasteiger partial charge in [0.15, 0.2) is 6.10 Å². The average molecular weight is 464 g/mol. The Morgan fingerprint density at radius 3 is 2.31 bits per heavy atom. The van der Waals surface area contributed by atoms with Crippen molar-refractivity contribution in [2.45, 2.75) is 18.9 Å². The summed E-state index contributed by atoms with van der Waals surface area (Å²) >= 11 is 5.91. The van der Waals surface area contributed by atoms with Gasteiger partial charge in [-0.15, -0.1) is 0 Å². The summed E-state index contributed by atoms with van der Waals surface area (Å²) in [6.45, 7) is -0.392. The maximum Gasteiger partial charge on any atom is 0.418 e. The summed E-state index contributed by atoms with van der Waals surface area (Å²) in [5, 5.41) is 4.72. The summed E-state index contributed by atoms with van der Waals surface area (Å²) in [5.41, 5.74) is 0.577. The zero-order chi connectivity index (χ0) is 23.1. The fraction of sp³-hybridized carbons (Fsp3) is 0.136. The van der Waals surface area contributed by atoms with Crippen LogP contribution in [0.15, 0.2) is 72.9 Å². The Bertz CT molecular complexity index is 1080. The minimum absolute atomic E-state index is 0.0156. The van der Waals surface area contributed by atoms with Gasteiger partial charge in [0, 0.05) is 0 Å². The third kappa shape index (κ3) is 6.29. The third-order valence-corrected chi connectivity index (χ3v) is 4.56. The first kappa shape index (κ1) is 23.2. The van der Waals surface area contributed by atoms with E-state index in [0.29, 0.717) is 0 Å². The Morgan fingerprint density at radius 2 is 1.69 bits per heavy atom. The lowest BCUT2D eigenvalue weighted by atomic mass is 10.1. The predicted octanol–water partition coefficient (Wildman–Crippen LogP) is 5.52. The van der Waals surface area contributed by atoms with Gasteiger partial charge in [-0.25, -0.2) is 4.79 Å². The van der Waals surface area contributed by atoms with E-state index >= 15 is 0 Å². The van der Waals surface area contributed by atoms with Crippen molar-refractivity contribution in [1.29, 1.82) is 0 Å². The summed E-state index contributed by atoms with van der Waals surface area (Å²) in [6, 6.07) is 15.5. The molecule has 0 spiro atoms. The summed E-state index contributed by atoms with van der Waals surface area (Å²) in [5.74, 6) is -0.690. The highest BCUT2D eigenvalue weighted by Crippen LogP contribution is 2.36. The number of hydrogen-bond donors (Lipinski definition) is 2. The molecule has 0 saturated carbocycles. The number of amides is 3. The second-order valence-corrected chi connectivity index (χ2v) is 6.98. The van der Waals surface area contributed by atoms with Gasteiger partial charge in [0.1, 0.15) is 0 Å². The molecule has 2 aromatic carbocycles. The topological polar surface area (TPSA) is 80.3 Å². The number of nitrogens with one attached hydrogen (secondary N) is 2. The van der Waals surface area contributed by atoms with Crippen LogP contribution in [0.1, 0.15) is 27.7 Å². The van der Waals surface area contributed by atoms with E-state index in [2.05, 4.69) is 15.6 Å². The van der Waals surface area contributed by atoms with E-state index in [9.17, 15) is 22.8 Å². The molecule has 166 valence electrons.